The first kappa shape index (κ1) is 29.4. The molecule has 3 aliphatic rings. The lowest BCUT2D eigenvalue weighted by Gasteiger charge is -2.44. The monoisotopic (exact) mass is 609 g/mol. The van der Waals surface area contributed by atoms with Crippen LogP contribution in [0.2, 0.25) is 0 Å². The van der Waals surface area contributed by atoms with Crippen LogP contribution < -0.4 is 19.5 Å². The molecule has 0 aromatic heterocycles. The molecule has 10 heteroatoms. The van der Waals surface area contributed by atoms with Gasteiger partial charge in [0.25, 0.3) is 0 Å². The molecule has 1 unspecified atom stereocenters. The summed E-state index contributed by atoms with van der Waals surface area (Å²) in [5.74, 6) is 0.238. The number of aryl methyl sites for hydroxylation is 2. The molecule has 0 spiro atoms. The van der Waals surface area contributed by atoms with Crippen molar-refractivity contribution in [2.75, 3.05) is 26.0 Å². The van der Waals surface area contributed by atoms with Gasteiger partial charge in [-0.1, -0.05) is 19.1 Å². The Kier molecular flexibility index (Phi) is 7.41. The second kappa shape index (κ2) is 10.8. The highest BCUT2D eigenvalue weighted by Gasteiger charge is 2.47. The topological polar surface area (TPSA) is 111 Å². The van der Waals surface area contributed by atoms with Gasteiger partial charge in [0.05, 0.1) is 13.0 Å². The molecule has 1 fully saturated rings. The number of ether oxygens (including phenoxy) is 3. The van der Waals surface area contributed by atoms with E-state index in [2.05, 4.69) is 5.32 Å². The van der Waals surface area contributed by atoms with Gasteiger partial charge in [-0.05, 0) is 78.8 Å². The van der Waals surface area contributed by atoms with Gasteiger partial charge >= 0.3 is 5.97 Å². The van der Waals surface area contributed by atoms with E-state index in [-0.39, 0.29) is 18.2 Å². The quantitative estimate of drug-likeness (QED) is 0.328. The van der Waals surface area contributed by atoms with Crippen molar-refractivity contribution in [2.45, 2.75) is 57.5 Å². The van der Waals surface area contributed by atoms with Gasteiger partial charge in [0, 0.05) is 47.9 Å². The van der Waals surface area contributed by atoms with Crippen molar-refractivity contribution < 1.29 is 36.9 Å². The molecule has 2 aliphatic heterocycles. The lowest BCUT2D eigenvalue weighted by molar-refractivity contribution is -0.137. The number of nitrogens with one attached hydrogen (secondary N) is 1. The van der Waals surface area contributed by atoms with E-state index < -0.39 is 32.8 Å². The zero-order valence-corrected chi connectivity index (χ0v) is 25.5. The first-order valence-electron chi connectivity index (χ1n) is 14.5. The maximum atomic E-state index is 15.4. The van der Waals surface area contributed by atoms with E-state index in [9.17, 15) is 18.3 Å². The van der Waals surface area contributed by atoms with Gasteiger partial charge in [0.15, 0.2) is 9.84 Å². The van der Waals surface area contributed by atoms with Crippen LogP contribution in [0.3, 0.4) is 0 Å². The van der Waals surface area contributed by atoms with Crippen molar-refractivity contribution in [1.29, 1.82) is 0 Å². The largest absolute Gasteiger partial charge is 0.492 e. The lowest BCUT2D eigenvalue weighted by atomic mass is 9.85. The van der Waals surface area contributed by atoms with Gasteiger partial charge in [0.1, 0.15) is 29.2 Å². The normalized spacial score (nSPS) is 20.9. The summed E-state index contributed by atoms with van der Waals surface area (Å²) in [4.78, 5) is 11.2. The second-order valence-electron chi connectivity index (χ2n) is 12.4. The average molecular weight is 610 g/mol. The van der Waals surface area contributed by atoms with Crippen molar-refractivity contribution in [2.24, 2.45) is 5.41 Å². The summed E-state index contributed by atoms with van der Waals surface area (Å²) in [5.41, 5.74) is 4.50. The minimum atomic E-state index is -3.47. The minimum absolute atomic E-state index is 0.00171. The number of carboxylic acid groups (broad SMARTS) is 1. The van der Waals surface area contributed by atoms with E-state index >= 15 is 4.39 Å². The van der Waals surface area contributed by atoms with Crippen LogP contribution in [0.1, 0.15) is 59.6 Å². The van der Waals surface area contributed by atoms with Crippen LogP contribution in [-0.2, 0) is 21.1 Å². The van der Waals surface area contributed by atoms with E-state index in [4.69, 9.17) is 14.2 Å². The Hall–Kier alpha value is -3.63. The Bertz CT molecular complexity index is 1690. The predicted molar refractivity (Wildman–Crippen MR) is 160 cm³/mol. The average Bonchev–Trinajstić information content (AvgIpc) is 3.50. The van der Waals surface area contributed by atoms with E-state index in [0.717, 1.165) is 33.4 Å². The van der Waals surface area contributed by atoms with E-state index in [1.54, 1.807) is 18.2 Å². The molecule has 3 atom stereocenters. The van der Waals surface area contributed by atoms with Crippen molar-refractivity contribution in [3.63, 3.8) is 0 Å². The molecule has 8 nitrogen and oxygen atoms in total. The Morgan fingerprint density at radius 3 is 2.49 bits per heavy atom. The summed E-state index contributed by atoms with van der Waals surface area (Å²) >= 11 is 0. The first-order chi connectivity index (χ1) is 20.3. The fraction of sp³-hybridized carbons (Fsp3) is 0.424. The summed E-state index contributed by atoms with van der Waals surface area (Å²) in [5, 5.41) is 12.3. The Morgan fingerprint density at radius 1 is 1.14 bits per heavy atom. The fourth-order valence-electron chi connectivity index (χ4n) is 6.87. The van der Waals surface area contributed by atoms with Gasteiger partial charge in [0.2, 0.25) is 5.44 Å². The highest BCUT2D eigenvalue weighted by Crippen LogP contribution is 2.45. The maximum Gasteiger partial charge on any atom is 0.304 e. The van der Waals surface area contributed by atoms with Crippen LogP contribution in [0, 0.1) is 25.1 Å². The molecule has 6 rings (SSSR count). The molecule has 0 radical (unpaired) electrons. The fourth-order valence-corrected chi connectivity index (χ4v) is 8.36. The first-order valence-corrected chi connectivity index (χ1v) is 16.4. The number of hydrogen-bond donors (Lipinski definition) is 2. The number of halogens is 1. The molecule has 2 heterocycles. The van der Waals surface area contributed by atoms with Crippen LogP contribution in [0.15, 0.2) is 42.5 Å². The van der Waals surface area contributed by atoms with E-state index in [1.807, 2.05) is 39.0 Å². The van der Waals surface area contributed by atoms with Gasteiger partial charge in [-0.2, -0.15) is 0 Å². The molecular formula is C33H36FNO7S. The van der Waals surface area contributed by atoms with Gasteiger partial charge in [-0.15, -0.1) is 0 Å². The Balaban J connectivity index is 1.27. The van der Waals surface area contributed by atoms with Crippen LogP contribution >= 0.6 is 0 Å². The molecule has 1 saturated heterocycles. The van der Waals surface area contributed by atoms with Crippen LogP contribution in [0.5, 0.6) is 17.2 Å². The maximum absolute atomic E-state index is 15.4. The third-order valence-electron chi connectivity index (χ3n) is 8.88. The molecular weight excluding hydrogens is 573 g/mol. The molecule has 0 bridgehead atoms. The molecule has 2 N–H and O–H groups in total. The summed E-state index contributed by atoms with van der Waals surface area (Å²) in [7, 11) is -3.47. The molecule has 0 saturated carbocycles. The van der Waals surface area contributed by atoms with Crippen LogP contribution in [-0.4, -0.2) is 50.9 Å². The third kappa shape index (κ3) is 5.47. The van der Waals surface area contributed by atoms with E-state index in [0.29, 0.717) is 55.4 Å². The Labute approximate surface area is 251 Å². The van der Waals surface area contributed by atoms with Gasteiger partial charge in [-0.25, -0.2) is 12.8 Å². The Morgan fingerprint density at radius 2 is 1.86 bits per heavy atom. The standard InChI is InChI=1S/C33H36FNO7S/c1-18-11-22(42-32(43(4,38)39)33(3)16-35-17-33)12-19(2)30(18)24-7-9-26(34)31-25(24)8-10-27(31)41-21-5-6-23-20(13-29(36)37)15-40-28(23)14-21/h5-7,9,11-12,14,20,27,32,35H,8,10,13,15-17H2,1-4H3,(H,36,37)/t20-,27-,32?/m1/s1. The summed E-state index contributed by atoms with van der Waals surface area (Å²) < 4.78 is 58.8. The SMILES string of the molecule is Cc1cc(OC(C2(C)CNC2)S(C)(=O)=O)cc(C)c1-c1ccc(F)c2c1CC[C@H]2Oc1ccc2c(c1)OC[C@H]2CC(=O)O. The van der Waals surface area contributed by atoms with Crippen molar-refractivity contribution in [1.82, 2.24) is 5.32 Å². The summed E-state index contributed by atoms with van der Waals surface area (Å²) in [6, 6.07) is 12.4. The molecule has 228 valence electrons. The number of fused-ring (bicyclic) bond motifs is 2. The predicted octanol–water partition coefficient (Wildman–Crippen LogP) is 5.49. The molecule has 1 aliphatic carbocycles. The highest BCUT2D eigenvalue weighted by atomic mass is 32.2. The molecule has 43 heavy (non-hydrogen) atoms. The van der Waals surface area contributed by atoms with Crippen LogP contribution in [0.4, 0.5) is 4.39 Å². The number of benzene rings is 3. The highest BCUT2D eigenvalue weighted by molar-refractivity contribution is 7.91. The number of hydrogen-bond acceptors (Lipinski definition) is 7. The number of sulfone groups is 1. The molecule has 3 aromatic rings. The van der Waals surface area contributed by atoms with E-state index in [1.165, 1.54) is 12.3 Å². The van der Waals surface area contributed by atoms with Crippen molar-refractivity contribution in [3.8, 4) is 28.4 Å². The molecule has 0 amide bonds. The third-order valence-corrected chi connectivity index (χ3v) is 10.3. The number of rotatable bonds is 9. The smallest absolute Gasteiger partial charge is 0.304 e. The van der Waals surface area contributed by atoms with Gasteiger partial charge < -0.3 is 24.6 Å². The second-order valence-corrected chi connectivity index (χ2v) is 14.5. The zero-order chi connectivity index (χ0) is 30.7. The van der Waals surface area contributed by atoms with Crippen molar-refractivity contribution in [3.05, 3.63) is 76.1 Å². The zero-order valence-electron chi connectivity index (χ0n) is 24.7. The lowest BCUT2D eigenvalue weighted by Crippen LogP contribution is -2.61. The minimum Gasteiger partial charge on any atom is -0.492 e. The number of carboxylic acids is 1. The number of aliphatic carboxylic acids is 1. The summed E-state index contributed by atoms with van der Waals surface area (Å²) in [6.45, 7) is 7.26. The number of carbonyl (C=O) groups is 1. The van der Waals surface area contributed by atoms with Crippen LogP contribution in [0.25, 0.3) is 11.1 Å². The van der Waals surface area contributed by atoms with Crippen molar-refractivity contribution >= 4 is 15.8 Å². The molecule has 3 aromatic carbocycles. The van der Waals surface area contributed by atoms with Gasteiger partial charge in [-0.3, -0.25) is 4.79 Å². The summed E-state index contributed by atoms with van der Waals surface area (Å²) in [6.07, 6.45) is 1.96.